The van der Waals surface area contributed by atoms with E-state index in [0.717, 1.165) is 19.3 Å². The lowest BCUT2D eigenvalue weighted by atomic mass is 10.1. The van der Waals surface area contributed by atoms with Crippen LogP contribution >= 0.6 is 0 Å². The number of unbranched alkanes of at least 4 members (excludes halogenated alkanes) is 8. The van der Waals surface area contributed by atoms with E-state index in [1.807, 2.05) is 0 Å². The van der Waals surface area contributed by atoms with E-state index in [2.05, 4.69) is 36.0 Å². The summed E-state index contributed by atoms with van der Waals surface area (Å²) in [5, 5.41) is 0. The Labute approximate surface area is 131 Å². The van der Waals surface area contributed by atoms with Crippen LogP contribution in [0.1, 0.15) is 84.0 Å². The average Bonchev–Trinajstić information content (AvgIpc) is 2.50. The Morgan fingerprint density at radius 1 is 0.810 bits per heavy atom. The molecule has 2 nitrogen and oxygen atoms in total. The Kier molecular flexibility index (Phi) is 16.2. The molecule has 0 saturated heterocycles. The Bertz CT molecular complexity index is 279. The monoisotopic (exact) mass is 294 g/mol. The molecule has 0 amide bonds. The molecule has 0 bridgehead atoms. The molecule has 0 fully saturated rings. The standard InChI is InChI=1S/C19H34O2/c1-3-4-5-6-7-8-9-10-11-12-13-14-15-16-17-18-19(20)21-2/h11-12,14-15H,3-10,13,16-18H2,1-2H3. The number of esters is 1. The van der Waals surface area contributed by atoms with Gasteiger partial charge in [-0.2, -0.15) is 0 Å². The number of hydrogen-bond donors (Lipinski definition) is 0. The van der Waals surface area contributed by atoms with E-state index in [9.17, 15) is 4.79 Å². The molecular weight excluding hydrogens is 260 g/mol. The summed E-state index contributed by atoms with van der Waals surface area (Å²) in [6.07, 6.45) is 23.1. The number of allylic oxidation sites excluding steroid dienone is 4. The van der Waals surface area contributed by atoms with Crippen LogP contribution < -0.4 is 0 Å². The van der Waals surface area contributed by atoms with Crippen LogP contribution in [0.15, 0.2) is 24.3 Å². The predicted molar refractivity (Wildman–Crippen MR) is 91.4 cm³/mol. The number of carbonyl (C=O) groups is 1. The molecule has 21 heavy (non-hydrogen) atoms. The molecule has 0 spiro atoms. The second-order valence-electron chi connectivity index (χ2n) is 5.56. The first-order valence-electron chi connectivity index (χ1n) is 8.68. The highest BCUT2D eigenvalue weighted by Gasteiger charge is 1.96. The van der Waals surface area contributed by atoms with E-state index in [1.54, 1.807) is 0 Å². The third kappa shape index (κ3) is 16.9. The largest absolute Gasteiger partial charge is 0.469 e. The van der Waals surface area contributed by atoms with E-state index >= 15 is 0 Å². The molecule has 0 atom stereocenters. The number of rotatable bonds is 14. The lowest BCUT2D eigenvalue weighted by molar-refractivity contribution is -0.140. The Balaban J connectivity index is 3.23. The fourth-order valence-corrected chi connectivity index (χ4v) is 2.19. The van der Waals surface area contributed by atoms with E-state index in [4.69, 9.17) is 0 Å². The molecule has 122 valence electrons. The highest BCUT2D eigenvalue weighted by molar-refractivity contribution is 5.68. The smallest absolute Gasteiger partial charge is 0.305 e. The number of hydrogen-bond acceptors (Lipinski definition) is 2. The fourth-order valence-electron chi connectivity index (χ4n) is 2.19. The van der Waals surface area contributed by atoms with Gasteiger partial charge >= 0.3 is 5.97 Å². The summed E-state index contributed by atoms with van der Waals surface area (Å²) in [5.41, 5.74) is 0. The minimum atomic E-state index is -0.113. The summed E-state index contributed by atoms with van der Waals surface area (Å²) in [6, 6.07) is 0. The highest BCUT2D eigenvalue weighted by atomic mass is 16.5. The molecule has 0 aliphatic carbocycles. The van der Waals surface area contributed by atoms with Gasteiger partial charge in [-0.25, -0.2) is 0 Å². The second-order valence-corrected chi connectivity index (χ2v) is 5.56. The molecule has 0 unspecified atom stereocenters. The number of methoxy groups -OCH3 is 1. The summed E-state index contributed by atoms with van der Waals surface area (Å²) in [5.74, 6) is -0.113. The molecule has 0 radical (unpaired) electrons. The topological polar surface area (TPSA) is 26.3 Å². The van der Waals surface area contributed by atoms with Gasteiger partial charge in [0.1, 0.15) is 0 Å². The molecule has 0 aromatic carbocycles. The van der Waals surface area contributed by atoms with E-state index in [1.165, 1.54) is 58.5 Å². The van der Waals surface area contributed by atoms with Gasteiger partial charge in [-0.3, -0.25) is 4.79 Å². The van der Waals surface area contributed by atoms with Gasteiger partial charge < -0.3 is 4.74 Å². The Hall–Kier alpha value is -1.05. The molecule has 0 aliphatic heterocycles. The van der Waals surface area contributed by atoms with Gasteiger partial charge in [-0.15, -0.1) is 0 Å². The zero-order valence-corrected chi connectivity index (χ0v) is 14.1. The molecule has 0 N–H and O–H groups in total. The highest BCUT2D eigenvalue weighted by Crippen LogP contribution is 2.08. The van der Waals surface area contributed by atoms with Crippen molar-refractivity contribution < 1.29 is 9.53 Å². The summed E-state index contributed by atoms with van der Waals surface area (Å²) in [6.45, 7) is 2.26. The minimum absolute atomic E-state index is 0.113. The van der Waals surface area contributed by atoms with Crippen LogP contribution in [0.2, 0.25) is 0 Å². The van der Waals surface area contributed by atoms with Gasteiger partial charge in [0.05, 0.1) is 7.11 Å². The Morgan fingerprint density at radius 3 is 2.00 bits per heavy atom. The van der Waals surface area contributed by atoms with Crippen molar-refractivity contribution in [1.29, 1.82) is 0 Å². The van der Waals surface area contributed by atoms with Gasteiger partial charge in [0.25, 0.3) is 0 Å². The normalized spacial score (nSPS) is 11.5. The van der Waals surface area contributed by atoms with Crippen molar-refractivity contribution in [2.24, 2.45) is 0 Å². The summed E-state index contributed by atoms with van der Waals surface area (Å²) in [7, 11) is 1.44. The first-order valence-corrected chi connectivity index (χ1v) is 8.68. The predicted octanol–water partition coefficient (Wildman–Crippen LogP) is 5.97. The van der Waals surface area contributed by atoms with Gasteiger partial charge in [-0.1, -0.05) is 69.8 Å². The maximum Gasteiger partial charge on any atom is 0.305 e. The van der Waals surface area contributed by atoms with Crippen molar-refractivity contribution in [2.45, 2.75) is 84.0 Å². The maximum absolute atomic E-state index is 10.9. The van der Waals surface area contributed by atoms with Crippen molar-refractivity contribution in [3.05, 3.63) is 24.3 Å². The lowest BCUT2D eigenvalue weighted by Crippen LogP contribution is -1.98. The molecule has 0 saturated carbocycles. The number of ether oxygens (including phenoxy) is 1. The fraction of sp³-hybridized carbons (Fsp3) is 0.737. The molecule has 2 heteroatoms. The molecule has 0 rings (SSSR count). The first-order chi connectivity index (χ1) is 10.3. The van der Waals surface area contributed by atoms with Crippen LogP contribution in [-0.4, -0.2) is 13.1 Å². The van der Waals surface area contributed by atoms with Gasteiger partial charge in [0, 0.05) is 6.42 Å². The van der Waals surface area contributed by atoms with Crippen molar-refractivity contribution >= 4 is 5.97 Å². The molecular formula is C19H34O2. The number of carbonyl (C=O) groups excluding carboxylic acids is 1. The van der Waals surface area contributed by atoms with Crippen LogP contribution in [0, 0.1) is 0 Å². The zero-order valence-electron chi connectivity index (χ0n) is 14.1. The summed E-state index contributed by atoms with van der Waals surface area (Å²) in [4.78, 5) is 10.9. The quantitative estimate of drug-likeness (QED) is 0.224. The van der Waals surface area contributed by atoms with Crippen molar-refractivity contribution in [2.75, 3.05) is 7.11 Å². The zero-order chi connectivity index (χ0) is 15.6. The van der Waals surface area contributed by atoms with Gasteiger partial charge in [-0.05, 0) is 32.1 Å². The van der Waals surface area contributed by atoms with Crippen LogP contribution in [0.5, 0.6) is 0 Å². The molecule has 0 aliphatic rings. The summed E-state index contributed by atoms with van der Waals surface area (Å²) < 4.78 is 4.60. The third-order valence-corrected chi connectivity index (χ3v) is 3.56. The van der Waals surface area contributed by atoms with E-state index < -0.39 is 0 Å². The molecule has 0 aromatic heterocycles. The van der Waals surface area contributed by atoms with Crippen LogP contribution in [-0.2, 0) is 9.53 Å². The van der Waals surface area contributed by atoms with Gasteiger partial charge in [0.2, 0.25) is 0 Å². The lowest BCUT2D eigenvalue weighted by Gasteiger charge is -1.98. The van der Waals surface area contributed by atoms with E-state index in [-0.39, 0.29) is 5.97 Å². The second kappa shape index (κ2) is 17.0. The SMILES string of the molecule is CCCCCCCCCC=CCC=CCCCC(=O)OC. The van der Waals surface area contributed by atoms with Crippen molar-refractivity contribution in [1.82, 2.24) is 0 Å². The van der Waals surface area contributed by atoms with Crippen LogP contribution in [0.3, 0.4) is 0 Å². The van der Waals surface area contributed by atoms with Gasteiger partial charge in [0.15, 0.2) is 0 Å². The third-order valence-electron chi connectivity index (χ3n) is 3.56. The van der Waals surface area contributed by atoms with Crippen molar-refractivity contribution in [3.8, 4) is 0 Å². The van der Waals surface area contributed by atoms with Crippen LogP contribution in [0.25, 0.3) is 0 Å². The Morgan fingerprint density at radius 2 is 1.38 bits per heavy atom. The average molecular weight is 294 g/mol. The first kappa shape index (κ1) is 19.9. The van der Waals surface area contributed by atoms with E-state index in [0.29, 0.717) is 6.42 Å². The summed E-state index contributed by atoms with van der Waals surface area (Å²) >= 11 is 0. The minimum Gasteiger partial charge on any atom is -0.469 e. The van der Waals surface area contributed by atoms with Crippen LogP contribution in [0.4, 0.5) is 0 Å². The molecule has 0 heterocycles. The maximum atomic E-state index is 10.9. The van der Waals surface area contributed by atoms with Crippen molar-refractivity contribution in [3.63, 3.8) is 0 Å². The molecule has 0 aromatic rings.